The summed E-state index contributed by atoms with van der Waals surface area (Å²) < 4.78 is 113. The normalized spacial score (nSPS) is 15.1. The molecule has 0 spiro atoms. The number of nitrogens with zero attached hydrogens (tertiary/aromatic N) is 3. The molecule has 0 amide bonds. The average molecular weight is 638 g/mol. The van der Waals surface area contributed by atoms with E-state index in [4.69, 9.17) is 31.7 Å². The van der Waals surface area contributed by atoms with Crippen molar-refractivity contribution in [2.75, 3.05) is 0 Å². The predicted molar refractivity (Wildman–Crippen MR) is 201 cm³/mol. The molecule has 228 valence electrons. The molecule has 0 aliphatic rings. The third kappa shape index (κ3) is 4.65. The van der Waals surface area contributed by atoms with Gasteiger partial charge in [0.15, 0.2) is 17.5 Å². The molecule has 0 bridgehead atoms. The molecule has 0 atom stereocenters. The first kappa shape index (κ1) is 18.0. The molecular formula is C45H27N3O. The highest BCUT2D eigenvalue weighted by molar-refractivity contribution is 6.13. The van der Waals surface area contributed by atoms with E-state index in [1.807, 2.05) is 66.7 Å². The largest absolute Gasteiger partial charge is 0.456 e. The molecule has 0 fully saturated rings. The maximum absolute atomic E-state index is 9.67. The van der Waals surface area contributed by atoms with Crippen molar-refractivity contribution in [1.29, 1.82) is 0 Å². The Labute approximate surface area is 298 Å². The Balaban J connectivity index is 1.34. The second-order valence-corrected chi connectivity index (χ2v) is 11.5. The third-order valence-electron chi connectivity index (χ3n) is 8.53. The molecule has 8 aromatic carbocycles. The topological polar surface area (TPSA) is 51.8 Å². The zero-order chi connectivity index (χ0) is 42.8. The summed E-state index contributed by atoms with van der Waals surface area (Å²) in [4.78, 5) is 14.3. The Morgan fingerprint density at radius 1 is 0.429 bits per heavy atom. The van der Waals surface area contributed by atoms with Crippen LogP contribution >= 0.6 is 0 Å². The number of rotatable bonds is 4. The second-order valence-electron chi connectivity index (χ2n) is 11.5. The minimum atomic E-state index is -0.621. The highest BCUT2D eigenvalue weighted by Crippen LogP contribution is 2.39. The predicted octanol–water partition coefficient (Wildman–Crippen LogP) is 11.9. The molecule has 10 aromatic rings. The Morgan fingerprint density at radius 2 is 1.18 bits per heavy atom. The van der Waals surface area contributed by atoms with Crippen LogP contribution in [0.2, 0.25) is 0 Å². The third-order valence-corrected chi connectivity index (χ3v) is 8.53. The van der Waals surface area contributed by atoms with Gasteiger partial charge >= 0.3 is 0 Å². The summed E-state index contributed by atoms with van der Waals surface area (Å²) >= 11 is 0. The van der Waals surface area contributed by atoms with Gasteiger partial charge in [-0.15, -0.1) is 0 Å². The van der Waals surface area contributed by atoms with Crippen molar-refractivity contribution in [2.45, 2.75) is 0 Å². The van der Waals surface area contributed by atoms with E-state index in [1.54, 1.807) is 18.2 Å². The molecule has 10 rings (SSSR count). The van der Waals surface area contributed by atoms with Gasteiger partial charge in [-0.05, 0) is 73.7 Å². The monoisotopic (exact) mass is 637 g/mol. The summed E-state index contributed by atoms with van der Waals surface area (Å²) in [7, 11) is 0. The first-order valence-corrected chi connectivity index (χ1v) is 15.5. The number of aromatic nitrogens is 3. The number of benzene rings is 8. The van der Waals surface area contributed by atoms with Gasteiger partial charge < -0.3 is 4.42 Å². The highest BCUT2D eigenvalue weighted by atomic mass is 16.3. The van der Waals surface area contributed by atoms with Crippen molar-refractivity contribution in [3.63, 3.8) is 0 Å². The van der Waals surface area contributed by atoms with Gasteiger partial charge in [0, 0.05) is 27.5 Å². The maximum Gasteiger partial charge on any atom is 0.164 e. The van der Waals surface area contributed by atoms with E-state index in [-0.39, 0.29) is 97.1 Å². The van der Waals surface area contributed by atoms with Crippen LogP contribution in [0.1, 0.15) is 16.4 Å². The SMILES string of the molecule is [2H]c1cc([2H])c2oc3c([2H])c([2H])c(-c4cccc5ccccc45)c([2H])c3c2c1-c1nc(-c2ccc3ccccc3c2)nc(-c2c([2H])c([2H])c3c([2H])c([2H])c([2H])c([2H])c3c2[2H])n1. The number of hydrogen-bond donors (Lipinski definition) is 0. The van der Waals surface area contributed by atoms with Crippen LogP contribution in [0.25, 0.3) is 99.5 Å². The van der Waals surface area contributed by atoms with E-state index >= 15 is 0 Å². The molecular weight excluding hydrogens is 599 g/mol. The van der Waals surface area contributed by atoms with Gasteiger partial charge in [0.1, 0.15) is 11.2 Å². The lowest BCUT2D eigenvalue weighted by atomic mass is 9.96. The van der Waals surface area contributed by atoms with Crippen molar-refractivity contribution < 1.29 is 20.9 Å². The molecule has 4 nitrogen and oxygen atoms in total. The van der Waals surface area contributed by atoms with E-state index in [2.05, 4.69) is 0 Å². The van der Waals surface area contributed by atoms with Crippen LogP contribution in [0.3, 0.4) is 0 Å². The fourth-order valence-electron chi connectivity index (χ4n) is 6.20. The van der Waals surface area contributed by atoms with Crippen molar-refractivity contribution in [2.24, 2.45) is 0 Å². The van der Waals surface area contributed by atoms with Gasteiger partial charge in [-0.2, -0.15) is 0 Å². The fourth-order valence-corrected chi connectivity index (χ4v) is 6.20. The fraction of sp³-hybridized carbons (Fsp3) is 0. The van der Waals surface area contributed by atoms with Crippen LogP contribution in [0, 0.1) is 0 Å². The average Bonchev–Trinajstić information content (AvgIpc) is 3.67. The van der Waals surface area contributed by atoms with Gasteiger partial charge in [-0.3, -0.25) is 0 Å². The van der Waals surface area contributed by atoms with Gasteiger partial charge in [0.2, 0.25) is 0 Å². The summed E-state index contributed by atoms with van der Waals surface area (Å²) in [6.45, 7) is 0. The van der Waals surface area contributed by atoms with Crippen LogP contribution in [0.4, 0.5) is 0 Å². The van der Waals surface area contributed by atoms with Crippen LogP contribution < -0.4 is 0 Å². The van der Waals surface area contributed by atoms with Crippen molar-refractivity contribution in [3.8, 4) is 45.3 Å². The van der Waals surface area contributed by atoms with Gasteiger partial charge in [-0.1, -0.05) is 133 Å². The van der Waals surface area contributed by atoms with Crippen LogP contribution in [-0.4, -0.2) is 15.0 Å². The molecule has 49 heavy (non-hydrogen) atoms. The number of hydrogen-bond acceptors (Lipinski definition) is 4. The lowest BCUT2D eigenvalue weighted by molar-refractivity contribution is 0.669. The van der Waals surface area contributed by atoms with Gasteiger partial charge in [0.05, 0.1) is 16.4 Å². The molecule has 0 aliphatic heterocycles. The van der Waals surface area contributed by atoms with Crippen molar-refractivity contribution in [1.82, 2.24) is 15.0 Å². The standard InChI is InChI=1S/C45H27N3O/c1-3-12-31-25-34(21-19-28(31)9-1)43-46-44(35-22-20-29-10-2-4-13-32(29)26-35)48-45(47-43)38-17-8-18-41-42(38)39-27-33(23-24-40(39)49-41)37-16-7-14-30-11-5-6-15-36(30)37/h1-27H/i1D,3D,9D,12D,17D,18D,19D,21D,23D,24D,25D,27D. The zero-order valence-corrected chi connectivity index (χ0v) is 25.4. The summed E-state index contributed by atoms with van der Waals surface area (Å²) in [6, 6.07) is 21.9. The molecule has 0 saturated heterocycles. The van der Waals surface area contributed by atoms with Crippen LogP contribution in [-0.2, 0) is 0 Å². The number of furan rings is 1. The smallest absolute Gasteiger partial charge is 0.164 e. The van der Waals surface area contributed by atoms with Crippen LogP contribution in [0.15, 0.2) is 168 Å². The lowest BCUT2D eigenvalue weighted by Gasteiger charge is -2.11. The second kappa shape index (κ2) is 11.0. The molecule has 2 heterocycles. The Bertz CT molecular complexity index is 3580. The minimum absolute atomic E-state index is 0.0265. The van der Waals surface area contributed by atoms with E-state index in [1.165, 1.54) is 6.07 Å². The minimum Gasteiger partial charge on any atom is -0.456 e. The van der Waals surface area contributed by atoms with Crippen molar-refractivity contribution in [3.05, 3.63) is 164 Å². The molecule has 0 saturated carbocycles. The first-order chi connectivity index (χ1) is 29.3. The molecule has 0 unspecified atom stereocenters. The lowest BCUT2D eigenvalue weighted by Crippen LogP contribution is -2.00. The van der Waals surface area contributed by atoms with E-state index < -0.39 is 42.3 Å². The Morgan fingerprint density at radius 3 is 2.10 bits per heavy atom. The van der Waals surface area contributed by atoms with Crippen LogP contribution in [0.5, 0.6) is 0 Å². The Kier molecular flexibility index (Phi) is 4.04. The van der Waals surface area contributed by atoms with E-state index in [9.17, 15) is 4.11 Å². The van der Waals surface area contributed by atoms with E-state index in [0.717, 1.165) is 21.5 Å². The van der Waals surface area contributed by atoms with Gasteiger partial charge in [-0.25, -0.2) is 15.0 Å². The molecule has 0 aliphatic carbocycles. The molecule has 2 aromatic heterocycles. The number of fused-ring (bicyclic) bond motifs is 6. The molecule has 0 N–H and O–H groups in total. The summed E-state index contributed by atoms with van der Waals surface area (Å²) in [6.07, 6.45) is 0. The quantitative estimate of drug-likeness (QED) is 0.193. The van der Waals surface area contributed by atoms with E-state index in [0.29, 0.717) is 11.1 Å². The summed E-state index contributed by atoms with van der Waals surface area (Å²) in [5.41, 5.74) is 0.541. The first-order valence-electron chi connectivity index (χ1n) is 21.5. The zero-order valence-electron chi connectivity index (χ0n) is 37.4. The summed E-state index contributed by atoms with van der Waals surface area (Å²) in [5, 5.41) is 2.85. The molecule has 4 heteroatoms. The maximum atomic E-state index is 9.67. The Hall–Kier alpha value is -6.65. The summed E-state index contributed by atoms with van der Waals surface area (Å²) in [5.74, 6) is -0.476. The van der Waals surface area contributed by atoms with Crippen molar-refractivity contribution >= 4 is 54.3 Å². The van der Waals surface area contributed by atoms with Gasteiger partial charge in [0.25, 0.3) is 0 Å². The molecule has 0 radical (unpaired) electrons. The highest BCUT2D eigenvalue weighted by Gasteiger charge is 2.19.